The molecule has 1 heterocycles. The van der Waals surface area contributed by atoms with Gasteiger partial charge in [0, 0.05) is 10.6 Å². The maximum Gasteiger partial charge on any atom is 0.337 e. The van der Waals surface area contributed by atoms with Crippen LogP contribution in [0.5, 0.6) is 0 Å². The molecule has 0 aliphatic rings. The van der Waals surface area contributed by atoms with Gasteiger partial charge in [-0.05, 0) is 48.0 Å². The monoisotopic (exact) mass is 416 g/mol. The molecule has 0 saturated heterocycles. The van der Waals surface area contributed by atoms with E-state index in [1.165, 1.54) is 18.3 Å². The van der Waals surface area contributed by atoms with E-state index in [9.17, 15) is 9.59 Å². The Morgan fingerprint density at radius 3 is 2.54 bits per heavy atom. The van der Waals surface area contributed by atoms with Gasteiger partial charge in [-0.2, -0.15) is 5.10 Å². The lowest BCUT2D eigenvalue weighted by Gasteiger charge is -2.02. The molecule has 2 N–H and O–H groups in total. The standard InChI is InChI=1S/C20H14Cl2N2O4/c21-14-4-1-12(2-5-14)9-19(25)24-23-11-15-6-8-18(28-15)13-3-7-17(22)16(10-13)20(26)27/h1-8,10-11H,9H2,(H,24,25)(H,26,27)/b23-11+. The number of benzene rings is 2. The highest BCUT2D eigenvalue weighted by Crippen LogP contribution is 2.26. The zero-order valence-electron chi connectivity index (χ0n) is 14.4. The third kappa shape index (κ3) is 5.00. The summed E-state index contributed by atoms with van der Waals surface area (Å²) in [4.78, 5) is 23.1. The predicted molar refractivity (Wildman–Crippen MR) is 107 cm³/mol. The van der Waals surface area contributed by atoms with E-state index in [2.05, 4.69) is 10.5 Å². The van der Waals surface area contributed by atoms with E-state index < -0.39 is 5.97 Å². The molecule has 1 amide bonds. The molecule has 0 spiro atoms. The van der Waals surface area contributed by atoms with E-state index in [1.54, 1.807) is 42.5 Å². The Hall–Kier alpha value is -3.09. The van der Waals surface area contributed by atoms with E-state index in [4.69, 9.17) is 32.7 Å². The van der Waals surface area contributed by atoms with Crippen LogP contribution >= 0.6 is 23.2 Å². The fourth-order valence-corrected chi connectivity index (χ4v) is 2.74. The number of halogens is 2. The van der Waals surface area contributed by atoms with Crippen molar-refractivity contribution in [2.24, 2.45) is 5.10 Å². The van der Waals surface area contributed by atoms with Crippen molar-refractivity contribution >= 4 is 41.3 Å². The molecule has 0 unspecified atom stereocenters. The fourth-order valence-electron chi connectivity index (χ4n) is 2.41. The van der Waals surface area contributed by atoms with Crippen molar-refractivity contribution in [1.82, 2.24) is 5.43 Å². The van der Waals surface area contributed by atoms with E-state index in [1.807, 2.05) is 0 Å². The lowest BCUT2D eigenvalue weighted by Crippen LogP contribution is -2.19. The van der Waals surface area contributed by atoms with Crippen molar-refractivity contribution in [1.29, 1.82) is 0 Å². The smallest absolute Gasteiger partial charge is 0.337 e. The van der Waals surface area contributed by atoms with Crippen LogP contribution in [0.3, 0.4) is 0 Å². The number of carboxylic acids is 1. The Labute approximate surface area is 170 Å². The number of furan rings is 1. The summed E-state index contributed by atoms with van der Waals surface area (Å²) in [6, 6.07) is 14.9. The first-order valence-corrected chi connectivity index (χ1v) is 8.87. The van der Waals surface area contributed by atoms with Gasteiger partial charge in [0.1, 0.15) is 11.5 Å². The largest absolute Gasteiger partial charge is 0.478 e. The molecule has 3 rings (SSSR count). The SMILES string of the molecule is O=C(Cc1ccc(Cl)cc1)N/N=C/c1ccc(-c2ccc(Cl)c(C(=O)O)c2)o1. The van der Waals surface area contributed by atoms with Gasteiger partial charge in [-0.1, -0.05) is 35.3 Å². The highest BCUT2D eigenvalue weighted by molar-refractivity contribution is 6.33. The second-order valence-corrected chi connectivity index (χ2v) is 6.64. The summed E-state index contributed by atoms with van der Waals surface area (Å²) < 4.78 is 5.61. The number of nitrogens with zero attached hydrogens (tertiary/aromatic N) is 1. The summed E-state index contributed by atoms with van der Waals surface area (Å²) in [5.74, 6) is -0.556. The number of carbonyl (C=O) groups is 2. The maximum atomic E-state index is 11.9. The number of carboxylic acid groups (broad SMARTS) is 1. The summed E-state index contributed by atoms with van der Waals surface area (Å²) in [7, 11) is 0. The number of hydrogen-bond donors (Lipinski definition) is 2. The minimum absolute atomic E-state index is 0.0137. The van der Waals surface area contributed by atoms with Gasteiger partial charge in [-0.15, -0.1) is 0 Å². The summed E-state index contributed by atoms with van der Waals surface area (Å²) >= 11 is 11.7. The lowest BCUT2D eigenvalue weighted by atomic mass is 10.1. The first-order valence-electron chi connectivity index (χ1n) is 8.12. The van der Waals surface area contributed by atoms with Crippen molar-refractivity contribution in [3.63, 3.8) is 0 Å². The average Bonchev–Trinajstić information content (AvgIpc) is 3.12. The van der Waals surface area contributed by atoms with Gasteiger partial charge in [-0.3, -0.25) is 4.79 Å². The van der Waals surface area contributed by atoms with Crippen LogP contribution in [0.4, 0.5) is 0 Å². The van der Waals surface area contributed by atoms with Gasteiger partial charge in [-0.25, -0.2) is 10.2 Å². The molecule has 28 heavy (non-hydrogen) atoms. The van der Waals surface area contributed by atoms with Gasteiger partial charge >= 0.3 is 5.97 Å². The molecule has 0 saturated carbocycles. The highest BCUT2D eigenvalue weighted by Gasteiger charge is 2.12. The first kappa shape index (κ1) is 19.7. The third-order valence-electron chi connectivity index (χ3n) is 3.77. The van der Waals surface area contributed by atoms with E-state index in [0.717, 1.165) is 5.56 Å². The number of amides is 1. The molecule has 142 valence electrons. The minimum atomic E-state index is -1.12. The van der Waals surface area contributed by atoms with Crippen LogP contribution in [0, 0.1) is 0 Å². The average molecular weight is 417 g/mol. The zero-order chi connectivity index (χ0) is 20.1. The Balaban J connectivity index is 1.62. The topological polar surface area (TPSA) is 91.9 Å². The Bertz CT molecular complexity index is 1040. The van der Waals surface area contributed by atoms with Crippen molar-refractivity contribution < 1.29 is 19.1 Å². The van der Waals surface area contributed by atoms with Crippen molar-refractivity contribution in [2.75, 3.05) is 0 Å². The Kier molecular flexibility index (Phi) is 6.13. The van der Waals surface area contributed by atoms with Gasteiger partial charge in [0.25, 0.3) is 0 Å². The number of nitrogens with one attached hydrogen (secondary N) is 1. The molecule has 0 aliphatic carbocycles. The molecule has 0 aliphatic heterocycles. The van der Waals surface area contributed by atoms with Crippen LogP contribution < -0.4 is 5.43 Å². The molecule has 0 radical (unpaired) electrons. The quantitative estimate of drug-likeness (QED) is 0.451. The van der Waals surface area contributed by atoms with Crippen LogP contribution in [0.15, 0.2) is 64.1 Å². The molecule has 6 nitrogen and oxygen atoms in total. The van der Waals surface area contributed by atoms with Gasteiger partial charge in [0.2, 0.25) is 5.91 Å². The van der Waals surface area contributed by atoms with Gasteiger partial charge in [0.05, 0.1) is 23.2 Å². The first-order chi connectivity index (χ1) is 13.4. The summed E-state index contributed by atoms with van der Waals surface area (Å²) in [5, 5.41) is 13.8. The van der Waals surface area contributed by atoms with Crippen LogP contribution in [0.2, 0.25) is 10.0 Å². The molecule has 3 aromatic rings. The second-order valence-electron chi connectivity index (χ2n) is 5.80. The molecule has 0 atom stereocenters. The number of hydrogen-bond acceptors (Lipinski definition) is 4. The molecule has 0 fully saturated rings. The van der Waals surface area contributed by atoms with E-state index >= 15 is 0 Å². The molecular formula is C20H14Cl2N2O4. The summed E-state index contributed by atoms with van der Waals surface area (Å²) in [6.45, 7) is 0. The maximum absolute atomic E-state index is 11.9. The van der Waals surface area contributed by atoms with Crippen molar-refractivity contribution in [2.45, 2.75) is 6.42 Å². The Morgan fingerprint density at radius 2 is 1.82 bits per heavy atom. The zero-order valence-corrected chi connectivity index (χ0v) is 15.9. The third-order valence-corrected chi connectivity index (χ3v) is 4.35. The normalized spacial score (nSPS) is 10.9. The highest BCUT2D eigenvalue weighted by atomic mass is 35.5. The van der Waals surface area contributed by atoms with Crippen LogP contribution in [0.25, 0.3) is 11.3 Å². The lowest BCUT2D eigenvalue weighted by molar-refractivity contribution is -0.120. The van der Waals surface area contributed by atoms with Crippen LogP contribution in [0.1, 0.15) is 21.7 Å². The second kappa shape index (κ2) is 8.73. The van der Waals surface area contributed by atoms with Crippen LogP contribution in [-0.4, -0.2) is 23.2 Å². The van der Waals surface area contributed by atoms with E-state index in [-0.39, 0.29) is 22.9 Å². The Morgan fingerprint density at radius 1 is 1.07 bits per heavy atom. The van der Waals surface area contributed by atoms with Crippen LogP contribution in [-0.2, 0) is 11.2 Å². The molecule has 0 bridgehead atoms. The predicted octanol–water partition coefficient (Wildman–Crippen LogP) is 4.64. The van der Waals surface area contributed by atoms with E-state index in [0.29, 0.717) is 22.1 Å². The molecule has 1 aromatic heterocycles. The number of aromatic carboxylic acids is 1. The molecule has 2 aromatic carbocycles. The number of carbonyl (C=O) groups excluding carboxylic acids is 1. The van der Waals surface area contributed by atoms with Gasteiger partial charge < -0.3 is 9.52 Å². The number of rotatable bonds is 6. The summed E-state index contributed by atoms with van der Waals surface area (Å²) in [5.41, 5.74) is 3.78. The summed E-state index contributed by atoms with van der Waals surface area (Å²) in [6.07, 6.45) is 1.53. The molecule has 8 heteroatoms. The number of hydrazone groups is 1. The molecular weight excluding hydrogens is 403 g/mol. The fraction of sp³-hybridized carbons (Fsp3) is 0.0500. The van der Waals surface area contributed by atoms with Crippen molar-refractivity contribution in [3.8, 4) is 11.3 Å². The van der Waals surface area contributed by atoms with Gasteiger partial charge in [0.15, 0.2) is 0 Å². The van der Waals surface area contributed by atoms with Crippen molar-refractivity contribution in [3.05, 3.63) is 81.5 Å². The minimum Gasteiger partial charge on any atom is -0.478 e.